The van der Waals surface area contributed by atoms with Crippen LogP contribution >= 0.6 is 0 Å². The maximum atomic E-state index is 10.6. The van der Waals surface area contributed by atoms with Crippen LogP contribution in [0.1, 0.15) is 18.3 Å². The van der Waals surface area contributed by atoms with Gasteiger partial charge in [-0.2, -0.15) is 0 Å². The normalized spacial score (nSPS) is 10.4. The summed E-state index contributed by atoms with van der Waals surface area (Å²) in [5.74, 6) is 0.746. The molecule has 0 saturated heterocycles. The van der Waals surface area contributed by atoms with Crippen molar-refractivity contribution in [3.8, 4) is 5.75 Å². The summed E-state index contributed by atoms with van der Waals surface area (Å²) in [7, 11) is 0. The number of aromatic nitrogens is 2. The molecular weight excluding hydrogens is 244 g/mol. The first-order chi connectivity index (χ1) is 9.19. The Balaban J connectivity index is 1.94. The van der Waals surface area contributed by atoms with Gasteiger partial charge in [-0.25, -0.2) is 4.98 Å². The number of rotatable bonds is 6. The molecule has 0 amide bonds. The molecule has 2 aromatic rings. The second-order valence-corrected chi connectivity index (χ2v) is 4.13. The van der Waals surface area contributed by atoms with Crippen LogP contribution in [-0.4, -0.2) is 20.6 Å². The summed E-state index contributed by atoms with van der Waals surface area (Å²) < 4.78 is 7.63. The average Bonchev–Trinajstić information content (AvgIpc) is 2.84. The molecule has 1 heterocycles. The number of ether oxygens (including phenoxy) is 1. The molecule has 0 radical (unpaired) electrons. The summed E-state index contributed by atoms with van der Waals surface area (Å²) in [4.78, 5) is 14.8. The van der Waals surface area contributed by atoms with E-state index in [0.717, 1.165) is 17.9 Å². The highest BCUT2D eigenvalue weighted by Crippen LogP contribution is 2.14. The Morgan fingerprint density at radius 1 is 1.37 bits per heavy atom. The number of hydrogen-bond acceptors (Lipinski definition) is 3. The third-order valence-electron chi connectivity index (χ3n) is 2.79. The molecule has 1 aromatic carbocycles. The first-order valence-corrected chi connectivity index (χ1v) is 6.12. The number of carboxylic acids is 1. The van der Waals surface area contributed by atoms with E-state index in [2.05, 4.69) is 4.98 Å². The number of aryl methyl sites for hydroxylation is 1. The van der Waals surface area contributed by atoms with E-state index in [4.69, 9.17) is 9.84 Å². The number of aliphatic carboxylic acids is 1. The second-order valence-electron chi connectivity index (χ2n) is 4.13. The van der Waals surface area contributed by atoms with Crippen LogP contribution in [0.4, 0.5) is 0 Å². The summed E-state index contributed by atoms with van der Waals surface area (Å²) in [6.45, 7) is 3.31. The van der Waals surface area contributed by atoms with E-state index in [-0.39, 0.29) is 6.42 Å². The van der Waals surface area contributed by atoms with Gasteiger partial charge in [-0.1, -0.05) is 12.1 Å². The van der Waals surface area contributed by atoms with E-state index in [1.54, 1.807) is 30.5 Å². The molecule has 100 valence electrons. The molecule has 0 saturated carbocycles. The van der Waals surface area contributed by atoms with Gasteiger partial charge in [-0.3, -0.25) is 4.79 Å². The SMILES string of the molecule is CCn1ccnc1COc1ccc(CC(=O)O)cc1. The average molecular weight is 260 g/mol. The van der Waals surface area contributed by atoms with Crippen LogP contribution in [0.15, 0.2) is 36.7 Å². The van der Waals surface area contributed by atoms with Gasteiger partial charge < -0.3 is 14.4 Å². The minimum atomic E-state index is -0.835. The molecule has 0 aliphatic carbocycles. The third kappa shape index (κ3) is 3.58. The molecule has 0 fully saturated rings. The summed E-state index contributed by atoms with van der Waals surface area (Å²) >= 11 is 0. The van der Waals surface area contributed by atoms with E-state index < -0.39 is 5.97 Å². The Hall–Kier alpha value is -2.30. The van der Waals surface area contributed by atoms with Gasteiger partial charge in [0.1, 0.15) is 18.2 Å². The van der Waals surface area contributed by atoms with Crippen molar-refractivity contribution in [2.75, 3.05) is 0 Å². The van der Waals surface area contributed by atoms with Gasteiger partial charge in [0.05, 0.1) is 6.42 Å². The summed E-state index contributed by atoms with van der Waals surface area (Å²) in [5.41, 5.74) is 0.759. The van der Waals surface area contributed by atoms with Crippen molar-refractivity contribution < 1.29 is 14.6 Å². The predicted octanol–water partition coefficient (Wildman–Crippen LogP) is 2.11. The van der Waals surface area contributed by atoms with E-state index in [1.807, 2.05) is 17.7 Å². The molecule has 19 heavy (non-hydrogen) atoms. The Kier molecular flexibility index (Phi) is 4.18. The largest absolute Gasteiger partial charge is 0.486 e. The van der Waals surface area contributed by atoms with E-state index in [0.29, 0.717) is 12.4 Å². The van der Waals surface area contributed by atoms with Gasteiger partial charge >= 0.3 is 5.97 Å². The van der Waals surface area contributed by atoms with Crippen LogP contribution in [0.5, 0.6) is 5.75 Å². The van der Waals surface area contributed by atoms with Crippen LogP contribution in [-0.2, 0) is 24.4 Å². The molecule has 0 aliphatic heterocycles. The Morgan fingerprint density at radius 3 is 2.74 bits per heavy atom. The highest BCUT2D eigenvalue weighted by atomic mass is 16.5. The molecule has 0 aliphatic rings. The number of hydrogen-bond donors (Lipinski definition) is 1. The van der Waals surface area contributed by atoms with E-state index >= 15 is 0 Å². The number of carbonyl (C=O) groups is 1. The van der Waals surface area contributed by atoms with Gasteiger partial charge in [-0.05, 0) is 24.6 Å². The number of carboxylic acid groups (broad SMARTS) is 1. The van der Waals surface area contributed by atoms with E-state index in [9.17, 15) is 4.79 Å². The van der Waals surface area contributed by atoms with Crippen molar-refractivity contribution in [1.29, 1.82) is 0 Å². The zero-order valence-corrected chi connectivity index (χ0v) is 10.7. The number of nitrogens with zero attached hydrogens (tertiary/aromatic N) is 2. The predicted molar refractivity (Wildman–Crippen MR) is 70.0 cm³/mol. The number of imidazole rings is 1. The lowest BCUT2D eigenvalue weighted by molar-refractivity contribution is -0.136. The first kappa shape index (κ1) is 13.1. The van der Waals surface area contributed by atoms with Crippen LogP contribution in [0.3, 0.4) is 0 Å². The summed E-state index contributed by atoms with van der Waals surface area (Å²) in [5, 5.41) is 8.68. The Bertz CT molecular complexity index is 546. The molecular formula is C14H16N2O3. The first-order valence-electron chi connectivity index (χ1n) is 6.12. The van der Waals surface area contributed by atoms with Gasteiger partial charge in [-0.15, -0.1) is 0 Å². The van der Waals surface area contributed by atoms with E-state index in [1.165, 1.54) is 0 Å². The van der Waals surface area contributed by atoms with Crippen LogP contribution < -0.4 is 4.74 Å². The molecule has 0 bridgehead atoms. The highest BCUT2D eigenvalue weighted by molar-refractivity contribution is 5.70. The molecule has 0 unspecified atom stereocenters. The van der Waals surface area contributed by atoms with Crippen molar-refractivity contribution in [2.24, 2.45) is 0 Å². The van der Waals surface area contributed by atoms with Crippen molar-refractivity contribution in [3.63, 3.8) is 0 Å². The van der Waals surface area contributed by atoms with Crippen molar-refractivity contribution >= 4 is 5.97 Å². The second kappa shape index (κ2) is 6.04. The molecule has 5 nitrogen and oxygen atoms in total. The van der Waals surface area contributed by atoms with Crippen LogP contribution in [0, 0.1) is 0 Å². The third-order valence-corrected chi connectivity index (χ3v) is 2.79. The summed E-state index contributed by atoms with van der Waals surface area (Å²) in [6.07, 6.45) is 3.69. The molecule has 1 aromatic heterocycles. The minimum absolute atomic E-state index is 0.0283. The van der Waals surface area contributed by atoms with Crippen LogP contribution in [0.2, 0.25) is 0 Å². The minimum Gasteiger partial charge on any atom is -0.486 e. The Morgan fingerprint density at radius 2 is 2.11 bits per heavy atom. The van der Waals surface area contributed by atoms with Gasteiger partial charge in [0.2, 0.25) is 0 Å². The van der Waals surface area contributed by atoms with Gasteiger partial charge in [0.15, 0.2) is 0 Å². The zero-order chi connectivity index (χ0) is 13.7. The fraction of sp³-hybridized carbons (Fsp3) is 0.286. The van der Waals surface area contributed by atoms with Gasteiger partial charge in [0, 0.05) is 18.9 Å². The molecule has 0 atom stereocenters. The summed E-state index contributed by atoms with van der Waals surface area (Å²) in [6, 6.07) is 7.07. The zero-order valence-electron chi connectivity index (χ0n) is 10.7. The quantitative estimate of drug-likeness (QED) is 0.864. The Labute approximate surface area is 111 Å². The molecule has 5 heteroatoms. The maximum Gasteiger partial charge on any atom is 0.307 e. The highest BCUT2D eigenvalue weighted by Gasteiger charge is 2.03. The molecule has 0 spiro atoms. The fourth-order valence-corrected chi connectivity index (χ4v) is 1.79. The number of benzene rings is 1. The molecule has 1 N–H and O–H groups in total. The van der Waals surface area contributed by atoms with Gasteiger partial charge in [0.25, 0.3) is 0 Å². The van der Waals surface area contributed by atoms with Crippen molar-refractivity contribution in [1.82, 2.24) is 9.55 Å². The van der Waals surface area contributed by atoms with Crippen LogP contribution in [0.25, 0.3) is 0 Å². The van der Waals surface area contributed by atoms with Crippen molar-refractivity contribution in [3.05, 3.63) is 48.0 Å². The lowest BCUT2D eigenvalue weighted by atomic mass is 10.1. The lowest BCUT2D eigenvalue weighted by Crippen LogP contribution is -2.05. The van der Waals surface area contributed by atoms with Crippen molar-refractivity contribution in [2.45, 2.75) is 26.5 Å². The molecule has 2 rings (SSSR count). The monoisotopic (exact) mass is 260 g/mol. The lowest BCUT2D eigenvalue weighted by Gasteiger charge is -2.08. The maximum absolute atomic E-state index is 10.6. The smallest absolute Gasteiger partial charge is 0.307 e. The standard InChI is InChI=1S/C14H16N2O3/c1-2-16-8-7-15-13(16)10-19-12-5-3-11(4-6-12)9-14(17)18/h3-8H,2,9-10H2,1H3,(H,17,18). The fourth-order valence-electron chi connectivity index (χ4n) is 1.79. The topological polar surface area (TPSA) is 64.4 Å².